The SMILES string of the molecule is C=CCN1C(=O)/C(=C/c2ccc(-c3ccccc3[N+](=O)[O-])o2)S/C1=N/c1nccs1. The van der Waals surface area contributed by atoms with Crippen LogP contribution in [0.15, 0.2) is 74.9 Å². The van der Waals surface area contributed by atoms with Gasteiger partial charge in [0.05, 0.1) is 15.4 Å². The van der Waals surface area contributed by atoms with Crippen LogP contribution >= 0.6 is 23.1 Å². The Balaban J connectivity index is 1.65. The first-order valence-electron chi connectivity index (χ1n) is 8.71. The van der Waals surface area contributed by atoms with Gasteiger partial charge in [-0.15, -0.1) is 17.9 Å². The molecule has 0 bridgehead atoms. The summed E-state index contributed by atoms with van der Waals surface area (Å²) in [5.74, 6) is 0.538. The van der Waals surface area contributed by atoms with E-state index in [4.69, 9.17) is 4.42 Å². The molecule has 0 aliphatic carbocycles. The minimum atomic E-state index is -0.457. The molecule has 4 rings (SSSR count). The molecule has 1 aliphatic rings. The summed E-state index contributed by atoms with van der Waals surface area (Å²) in [6.45, 7) is 4.01. The van der Waals surface area contributed by atoms with Crippen LogP contribution in [0.25, 0.3) is 17.4 Å². The number of furan rings is 1. The molecule has 0 spiro atoms. The molecule has 1 aliphatic heterocycles. The Kier molecular flexibility index (Phi) is 5.59. The number of amides is 1. The Morgan fingerprint density at radius 3 is 2.87 bits per heavy atom. The number of amidine groups is 1. The number of thiazole rings is 1. The average Bonchev–Trinajstić information content (AvgIpc) is 3.47. The fourth-order valence-corrected chi connectivity index (χ4v) is 4.31. The molecule has 10 heteroatoms. The van der Waals surface area contributed by atoms with E-state index in [-0.39, 0.29) is 11.6 Å². The maximum absolute atomic E-state index is 12.8. The van der Waals surface area contributed by atoms with Gasteiger partial charge in [-0.05, 0) is 30.0 Å². The van der Waals surface area contributed by atoms with Gasteiger partial charge in [-0.25, -0.2) is 4.98 Å². The number of carbonyl (C=O) groups is 1. The van der Waals surface area contributed by atoms with E-state index in [9.17, 15) is 14.9 Å². The summed E-state index contributed by atoms with van der Waals surface area (Å²) < 4.78 is 5.77. The van der Waals surface area contributed by atoms with Gasteiger partial charge in [0, 0.05) is 30.3 Å². The molecule has 30 heavy (non-hydrogen) atoms. The van der Waals surface area contributed by atoms with Gasteiger partial charge in [0.15, 0.2) is 5.17 Å². The number of aliphatic imine (C=N–C) groups is 1. The minimum absolute atomic E-state index is 0.0487. The predicted octanol–water partition coefficient (Wildman–Crippen LogP) is 5.10. The van der Waals surface area contributed by atoms with E-state index in [1.54, 1.807) is 48.7 Å². The van der Waals surface area contributed by atoms with Crippen molar-refractivity contribution in [3.05, 3.63) is 81.4 Å². The lowest BCUT2D eigenvalue weighted by atomic mass is 10.1. The molecule has 8 nitrogen and oxygen atoms in total. The number of hydrogen-bond acceptors (Lipinski definition) is 8. The monoisotopic (exact) mass is 438 g/mol. The highest BCUT2D eigenvalue weighted by Gasteiger charge is 2.33. The van der Waals surface area contributed by atoms with E-state index >= 15 is 0 Å². The number of nitrogens with zero attached hydrogens (tertiary/aromatic N) is 4. The lowest BCUT2D eigenvalue weighted by molar-refractivity contribution is -0.384. The molecule has 3 aromatic rings. The Morgan fingerprint density at radius 2 is 2.13 bits per heavy atom. The molecule has 1 saturated heterocycles. The smallest absolute Gasteiger partial charge is 0.280 e. The molecular formula is C20H14N4O4S2. The van der Waals surface area contributed by atoms with Gasteiger partial charge in [0.25, 0.3) is 11.6 Å². The lowest BCUT2D eigenvalue weighted by Gasteiger charge is -2.11. The summed E-state index contributed by atoms with van der Waals surface area (Å²) in [6.07, 6.45) is 4.87. The highest BCUT2D eigenvalue weighted by atomic mass is 32.2. The van der Waals surface area contributed by atoms with Crippen LogP contribution in [-0.4, -0.2) is 32.4 Å². The number of para-hydroxylation sites is 1. The van der Waals surface area contributed by atoms with E-state index < -0.39 is 4.92 Å². The zero-order valence-electron chi connectivity index (χ0n) is 15.4. The lowest BCUT2D eigenvalue weighted by Crippen LogP contribution is -2.29. The van der Waals surface area contributed by atoms with Crippen molar-refractivity contribution in [1.29, 1.82) is 0 Å². The van der Waals surface area contributed by atoms with Crippen molar-refractivity contribution < 1.29 is 14.1 Å². The van der Waals surface area contributed by atoms with Crippen LogP contribution in [0.3, 0.4) is 0 Å². The van der Waals surface area contributed by atoms with Crippen LogP contribution in [0.1, 0.15) is 5.76 Å². The molecule has 0 unspecified atom stereocenters. The first kappa shape index (κ1) is 19.8. The molecule has 150 valence electrons. The van der Waals surface area contributed by atoms with E-state index in [1.165, 1.54) is 34.1 Å². The maximum atomic E-state index is 12.8. The standard InChI is InChI=1S/C20H14N4O4S2/c1-2-10-23-18(25)17(30-20(23)22-19-21-9-11-29-19)12-13-7-8-16(28-13)14-5-3-4-6-15(14)24(26)27/h2-9,11-12H,1,10H2/b17-12-,22-20+. The Morgan fingerprint density at radius 1 is 1.30 bits per heavy atom. The van der Waals surface area contributed by atoms with Crippen LogP contribution in [0.5, 0.6) is 0 Å². The van der Waals surface area contributed by atoms with Crippen molar-refractivity contribution in [3.8, 4) is 11.3 Å². The van der Waals surface area contributed by atoms with Crippen molar-refractivity contribution in [2.45, 2.75) is 0 Å². The van der Waals surface area contributed by atoms with E-state index in [1.807, 2.05) is 5.38 Å². The summed E-state index contributed by atoms with van der Waals surface area (Å²) >= 11 is 2.58. The second-order valence-electron chi connectivity index (χ2n) is 6.00. The van der Waals surface area contributed by atoms with Crippen molar-refractivity contribution >= 4 is 51.1 Å². The Hall–Kier alpha value is -3.50. The van der Waals surface area contributed by atoms with Gasteiger partial charge in [-0.3, -0.25) is 19.8 Å². The number of thioether (sulfide) groups is 1. The quantitative estimate of drug-likeness (QED) is 0.230. The first-order chi connectivity index (χ1) is 14.6. The van der Waals surface area contributed by atoms with Crippen LogP contribution < -0.4 is 0 Å². The topological polar surface area (TPSA) is 102 Å². The van der Waals surface area contributed by atoms with Gasteiger partial charge in [-0.1, -0.05) is 18.2 Å². The second-order valence-corrected chi connectivity index (χ2v) is 7.88. The summed E-state index contributed by atoms with van der Waals surface area (Å²) in [7, 11) is 0. The molecule has 0 atom stereocenters. The molecule has 3 heterocycles. The van der Waals surface area contributed by atoms with E-state index in [0.717, 1.165) is 0 Å². The van der Waals surface area contributed by atoms with Crippen LogP contribution in [0.4, 0.5) is 10.8 Å². The van der Waals surface area contributed by atoms with Crippen molar-refractivity contribution in [2.75, 3.05) is 6.54 Å². The fourth-order valence-electron chi connectivity index (χ4n) is 2.78. The average molecular weight is 438 g/mol. The third kappa shape index (κ3) is 3.95. The molecular weight excluding hydrogens is 424 g/mol. The number of hydrogen-bond donors (Lipinski definition) is 0. The normalized spacial score (nSPS) is 16.5. The van der Waals surface area contributed by atoms with E-state index in [0.29, 0.717) is 38.8 Å². The van der Waals surface area contributed by atoms with Crippen LogP contribution in [0.2, 0.25) is 0 Å². The zero-order chi connectivity index (χ0) is 21.1. The highest BCUT2D eigenvalue weighted by molar-refractivity contribution is 8.18. The zero-order valence-corrected chi connectivity index (χ0v) is 17.1. The Labute approximate surface area is 179 Å². The number of nitro benzene ring substituents is 1. The van der Waals surface area contributed by atoms with Gasteiger partial charge in [0.2, 0.25) is 5.13 Å². The first-order valence-corrected chi connectivity index (χ1v) is 10.4. The highest BCUT2D eigenvalue weighted by Crippen LogP contribution is 2.36. The van der Waals surface area contributed by atoms with Crippen molar-refractivity contribution in [2.24, 2.45) is 4.99 Å². The van der Waals surface area contributed by atoms with Gasteiger partial charge >= 0.3 is 0 Å². The van der Waals surface area contributed by atoms with Gasteiger partial charge in [0.1, 0.15) is 11.5 Å². The molecule has 1 aromatic carbocycles. The Bertz CT molecular complexity index is 1180. The van der Waals surface area contributed by atoms with Gasteiger partial charge < -0.3 is 4.42 Å². The van der Waals surface area contributed by atoms with Crippen LogP contribution in [0, 0.1) is 10.1 Å². The molecule has 1 fully saturated rings. The summed E-state index contributed by atoms with van der Waals surface area (Å²) in [5, 5.41) is 14.1. The molecule has 2 aromatic heterocycles. The summed E-state index contributed by atoms with van der Waals surface area (Å²) in [6, 6.07) is 9.65. The van der Waals surface area contributed by atoms with E-state index in [2.05, 4.69) is 16.6 Å². The maximum Gasteiger partial charge on any atom is 0.280 e. The molecule has 0 saturated carbocycles. The number of rotatable bonds is 6. The van der Waals surface area contributed by atoms with Crippen molar-refractivity contribution in [3.63, 3.8) is 0 Å². The third-order valence-corrected chi connectivity index (χ3v) is 5.75. The number of aromatic nitrogens is 1. The number of benzene rings is 1. The fraction of sp³-hybridized carbons (Fsp3) is 0.0500. The minimum Gasteiger partial charge on any atom is -0.456 e. The summed E-state index contributed by atoms with van der Waals surface area (Å²) in [4.78, 5) is 34.1. The largest absolute Gasteiger partial charge is 0.456 e. The summed E-state index contributed by atoms with van der Waals surface area (Å²) in [5.41, 5.74) is 0.323. The molecule has 0 radical (unpaired) electrons. The van der Waals surface area contributed by atoms with Crippen LogP contribution in [-0.2, 0) is 4.79 Å². The predicted molar refractivity (Wildman–Crippen MR) is 117 cm³/mol. The molecule has 1 amide bonds. The molecule has 0 N–H and O–H groups in total. The number of nitro groups is 1. The second kappa shape index (κ2) is 8.47. The third-order valence-electron chi connectivity index (χ3n) is 4.08. The number of carbonyl (C=O) groups excluding carboxylic acids is 1. The van der Waals surface area contributed by atoms with Gasteiger partial charge in [-0.2, -0.15) is 4.99 Å². The van der Waals surface area contributed by atoms with Crippen molar-refractivity contribution in [1.82, 2.24) is 9.88 Å².